The quantitative estimate of drug-likeness (QED) is 0.356. The molecule has 0 radical (unpaired) electrons. The number of hydrogen-bond acceptors (Lipinski definition) is 7. The van der Waals surface area contributed by atoms with Crippen LogP contribution in [0, 0.1) is 0 Å². The lowest BCUT2D eigenvalue weighted by molar-refractivity contribution is -0.134. The molecule has 194 valence electrons. The molecule has 2 aromatic rings. The van der Waals surface area contributed by atoms with Gasteiger partial charge in [-0.3, -0.25) is 0 Å². The van der Waals surface area contributed by atoms with Crippen molar-refractivity contribution >= 4 is 17.9 Å². The molecule has 0 bridgehead atoms. The number of benzene rings is 2. The summed E-state index contributed by atoms with van der Waals surface area (Å²) in [5.74, 6) is -1.19. The number of nitrogens with zero attached hydrogens (tertiary/aromatic N) is 1. The van der Waals surface area contributed by atoms with E-state index in [2.05, 4.69) is 24.1 Å². The maximum atomic E-state index is 12.5. The Kier molecular flexibility index (Phi) is 7.63. The maximum Gasteiger partial charge on any atom is 0.338 e. The van der Waals surface area contributed by atoms with E-state index >= 15 is 0 Å². The Labute approximate surface area is 214 Å². The molecular formula is C28H29NO8. The molecule has 9 nitrogen and oxygen atoms in total. The van der Waals surface area contributed by atoms with Gasteiger partial charge in [-0.05, 0) is 49.9 Å². The summed E-state index contributed by atoms with van der Waals surface area (Å²) in [6.07, 6.45) is 6.61. The molecule has 0 saturated heterocycles. The van der Waals surface area contributed by atoms with E-state index in [1.165, 1.54) is 11.1 Å². The summed E-state index contributed by atoms with van der Waals surface area (Å²) in [4.78, 5) is 34.0. The highest BCUT2D eigenvalue weighted by Gasteiger charge is 2.53. The Bertz CT molecular complexity index is 1220. The van der Waals surface area contributed by atoms with Crippen LogP contribution < -0.4 is 9.47 Å². The van der Waals surface area contributed by atoms with Crippen LogP contribution in [-0.4, -0.2) is 65.9 Å². The van der Waals surface area contributed by atoms with Gasteiger partial charge in [-0.15, -0.1) is 0 Å². The number of aliphatic carboxylic acids is 2. The standard InChI is InChI=1S/C24H25NO4.C4H4O4/c1-25-13-12-24-11-10-18(28-23(26)16-6-4-3-5-7-16)14-20(24)29-22-19(27-2)9-8-17(15-25)21(22)24;5-3(6)1-2-4(7)8/h3-11,18,20H,12-15H2,1-2H3;1-2H,(H,5,6)(H,7,8)/b;2-1+/t18-,20?,24?;/m0./s1. The molecule has 2 aliphatic heterocycles. The zero-order chi connectivity index (χ0) is 26.6. The average Bonchev–Trinajstić information content (AvgIpc) is 3.14. The largest absolute Gasteiger partial charge is 0.493 e. The van der Waals surface area contributed by atoms with E-state index in [4.69, 9.17) is 24.4 Å². The van der Waals surface area contributed by atoms with Crippen LogP contribution >= 0.6 is 0 Å². The predicted octanol–water partition coefficient (Wildman–Crippen LogP) is 3.43. The number of carboxylic acids is 2. The molecular weight excluding hydrogens is 478 g/mol. The van der Waals surface area contributed by atoms with Gasteiger partial charge in [0.2, 0.25) is 0 Å². The predicted molar refractivity (Wildman–Crippen MR) is 134 cm³/mol. The summed E-state index contributed by atoms with van der Waals surface area (Å²) in [5.41, 5.74) is 2.90. The van der Waals surface area contributed by atoms with Gasteiger partial charge in [0, 0.05) is 30.7 Å². The van der Waals surface area contributed by atoms with E-state index in [1.54, 1.807) is 19.2 Å². The molecule has 9 heteroatoms. The van der Waals surface area contributed by atoms with Crippen molar-refractivity contribution in [2.45, 2.75) is 37.0 Å². The lowest BCUT2D eigenvalue weighted by atomic mass is 9.69. The first-order chi connectivity index (χ1) is 17.7. The van der Waals surface area contributed by atoms with Crippen LogP contribution in [0.15, 0.2) is 66.8 Å². The summed E-state index contributed by atoms with van der Waals surface area (Å²) in [6, 6.07) is 13.3. The minimum absolute atomic E-state index is 0.0716. The summed E-state index contributed by atoms with van der Waals surface area (Å²) in [6.45, 7) is 1.87. The smallest absolute Gasteiger partial charge is 0.338 e. The molecule has 3 aliphatic rings. The Morgan fingerprint density at radius 3 is 2.43 bits per heavy atom. The Morgan fingerprint density at radius 1 is 1.08 bits per heavy atom. The van der Waals surface area contributed by atoms with Crippen LogP contribution in [0.3, 0.4) is 0 Å². The van der Waals surface area contributed by atoms with Crippen molar-refractivity contribution in [2.75, 3.05) is 20.7 Å². The first kappa shape index (κ1) is 26.0. The third-order valence-corrected chi connectivity index (χ3v) is 6.77. The Hall–Kier alpha value is -4.11. The van der Waals surface area contributed by atoms with E-state index in [1.807, 2.05) is 30.3 Å². The van der Waals surface area contributed by atoms with Gasteiger partial charge in [-0.25, -0.2) is 14.4 Å². The minimum atomic E-state index is -1.26. The van der Waals surface area contributed by atoms with Gasteiger partial charge in [0.05, 0.1) is 18.1 Å². The van der Waals surface area contributed by atoms with E-state index in [-0.39, 0.29) is 23.6 Å². The van der Waals surface area contributed by atoms with Crippen LogP contribution in [-0.2, 0) is 26.3 Å². The van der Waals surface area contributed by atoms with Gasteiger partial charge in [-0.2, -0.15) is 0 Å². The summed E-state index contributed by atoms with van der Waals surface area (Å²) in [7, 11) is 3.83. The maximum absolute atomic E-state index is 12.5. The SMILES string of the molecule is COc1ccc2c3c1OC1C[C@@H](OC(=O)c4ccccc4)C=CC31CCN(C)C2.O=C(O)/C=C/C(=O)O. The number of methoxy groups -OCH3 is 1. The average molecular weight is 508 g/mol. The third-order valence-electron chi connectivity index (χ3n) is 6.77. The van der Waals surface area contributed by atoms with Gasteiger partial charge in [0.1, 0.15) is 12.2 Å². The third kappa shape index (κ3) is 5.51. The summed E-state index contributed by atoms with van der Waals surface area (Å²) in [5, 5.41) is 15.6. The topological polar surface area (TPSA) is 123 Å². The molecule has 37 heavy (non-hydrogen) atoms. The van der Waals surface area contributed by atoms with Crippen LogP contribution in [0.5, 0.6) is 11.5 Å². The molecule has 2 unspecified atom stereocenters. The fourth-order valence-corrected chi connectivity index (χ4v) is 5.07. The number of esters is 1. The van der Waals surface area contributed by atoms with Crippen molar-refractivity contribution in [3.05, 3.63) is 83.5 Å². The van der Waals surface area contributed by atoms with E-state index in [9.17, 15) is 14.4 Å². The molecule has 0 aromatic heterocycles. The summed E-state index contributed by atoms with van der Waals surface area (Å²) < 4.78 is 17.9. The number of carbonyl (C=O) groups excluding carboxylic acids is 1. The molecule has 3 atom stereocenters. The van der Waals surface area contributed by atoms with Crippen molar-refractivity contribution in [1.82, 2.24) is 4.90 Å². The number of hydrogen-bond donors (Lipinski definition) is 2. The van der Waals surface area contributed by atoms with E-state index < -0.39 is 11.9 Å². The van der Waals surface area contributed by atoms with Gasteiger partial charge in [0.25, 0.3) is 0 Å². The molecule has 2 heterocycles. The van der Waals surface area contributed by atoms with Crippen LogP contribution in [0.4, 0.5) is 0 Å². The van der Waals surface area contributed by atoms with E-state index in [0.29, 0.717) is 24.1 Å². The molecule has 1 spiro atoms. The second-order valence-electron chi connectivity index (χ2n) is 9.18. The number of carbonyl (C=O) groups is 3. The van der Waals surface area contributed by atoms with Crippen molar-refractivity contribution in [3.8, 4) is 11.5 Å². The Morgan fingerprint density at radius 2 is 1.78 bits per heavy atom. The van der Waals surface area contributed by atoms with Gasteiger partial charge in [-0.1, -0.05) is 30.3 Å². The highest BCUT2D eigenvalue weighted by atomic mass is 16.6. The van der Waals surface area contributed by atoms with Crippen molar-refractivity contribution in [3.63, 3.8) is 0 Å². The highest BCUT2D eigenvalue weighted by molar-refractivity contribution is 5.90. The van der Waals surface area contributed by atoms with Crippen LogP contribution in [0.1, 0.15) is 34.3 Å². The van der Waals surface area contributed by atoms with Gasteiger partial charge >= 0.3 is 17.9 Å². The highest BCUT2D eigenvalue weighted by Crippen LogP contribution is 2.55. The number of ether oxygens (including phenoxy) is 3. The van der Waals surface area contributed by atoms with E-state index in [0.717, 1.165) is 31.0 Å². The minimum Gasteiger partial charge on any atom is -0.493 e. The Balaban J connectivity index is 0.000000349. The summed E-state index contributed by atoms with van der Waals surface area (Å²) >= 11 is 0. The zero-order valence-electron chi connectivity index (χ0n) is 20.6. The fourth-order valence-electron chi connectivity index (χ4n) is 5.07. The monoisotopic (exact) mass is 507 g/mol. The van der Waals surface area contributed by atoms with Crippen LogP contribution in [0.25, 0.3) is 0 Å². The zero-order valence-corrected chi connectivity index (χ0v) is 20.6. The number of rotatable bonds is 5. The van der Waals surface area contributed by atoms with Gasteiger partial charge < -0.3 is 29.3 Å². The molecule has 5 rings (SSSR count). The lowest BCUT2D eigenvalue weighted by Gasteiger charge is -2.36. The van der Waals surface area contributed by atoms with Gasteiger partial charge in [0.15, 0.2) is 11.5 Å². The second-order valence-corrected chi connectivity index (χ2v) is 9.18. The van der Waals surface area contributed by atoms with Crippen molar-refractivity contribution < 1.29 is 38.8 Å². The van der Waals surface area contributed by atoms with Crippen LogP contribution in [0.2, 0.25) is 0 Å². The first-order valence-electron chi connectivity index (χ1n) is 11.9. The lowest BCUT2D eigenvalue weighted by Crippen LogP contribution is -2.43. The van der Waals surface area contributed by atoms with Crippen molar-refractivity contribution in [2.24, 2.45) is 0 Å². The van der Waals surface area contributed by atoms with Crippen molar-refractivity contribution in [1.29, 1.82) is 0 Å². The second kappa shape index (κ2) is 10.9. The molecule has 2 N–H and O–H groups in total. The number of carboxylic acid groups (broad SMARTS) is 2. The molecule has 0 saturated carbocycles. The molecule has 0 fully saturated rings. The first-order valence-corrected chi connectivity index (χ1v) is 11.9. The molecule has 0 amide bonds. The molecule has 2 aromatic carbocycles. The molecule has 1 aliphatic carbocycles. The normalized spacial score (nSPS) is 23.5. The fraction of sp³-hybridized carbons (Fsp3) is 0.321.